The number of rotatable bonds is 3. The molecule has 1 aliphatic heterocycles. The summed E-state index contributed by atoms with van der Waals surface area (Å²) in [6.07, 6.45) is 0.616. The Balaban J connectivity index is 0.000000789. The van der Waals surface area contributed by atoms with Crippen LogP contribution in [0, 0.1) is 5.92 Å². The number of aromatic nitrogens is 2. The van der Waals surface area contributed by atoms with Crippen LogP contribution >= 0.6 is 11.6 Å². The van der Waals surface area contributed by atoms with Gasteiger partial charge in [-0.3, -0.25) is 4.79 Å². The van der Waals surface area contributed by atoms with Gasteiger partial charge in [-0.05, 0) is 50.6 Å². The van der Waals surface area contributed by atoms with Gasteiger partial charge in [-0.15, -0.1) is 0 Å². The first-order valence-electron chi connectivity index (χ1n) is 11.0. The normalized spacial score (nSPS) is 16.2. The second kappa shape index (κ2) is 12.5. The van der Waals surface area contributed by atoms with E-state index in [0.717, 1.165) is 29.4 Å². The number of nitrogens with one attached hydrogen (secondary N) is 1. The minimum Gasteiger partial charge on any atom is -0.481 e. The molecule has 0 amide bonds. The number of fused-ring (bicyclic) bond motifs is 1. The van der Waals surface area contributed by atoms with Gasteiger partial charge in [0.15, 0.2) is 0 Å². The van der Waals surface area contributed by atoms with Crippen molar-refractivity contribution < 1.29 is 15.0 Å². The summed E-state index contributed by atoms with van der Waals surface area (Å²) in [5.41, 5.74) is 3.38. The number of aromatic amines is 1. The number of imidazole rings is 1. The third kappa shape index (κ3) is 6.02. The van der Waals surface area contributed by atoms with E-state index in [0.29, 0.717) is 23.8 Å². The van der Waals surface area contributed by atoms with Gasteiger partial charge in [-0.25, -0.2) is 4.98 Å². The number of H-pyrrole nitrogens is 1. The molecule has 0 aliphatic carbocycles. The van der Waals surface area contributed by atoms with Gasteiger partial charge in [0, 0.05) is 30.4 Å². The fraction of sp³-hybridized carbons (Fsp3) is 0.440. The standard InChI is InChI=1S/C20H20ClN3O2.2C2H6.CH4O/c1-20(2)10-12(19(25)26)11-24(20)13-7-8-15(21)14(9-13)18-22-16-5-3-4-6-17(16)23-18;3*1-2/h3-9,12H,10-11H2,1-2H3,(H,22,23)(H,25,26);2*1-2H3;2H,1H3. The number of nitrogens with zero attached hydrogens (tertiary/aromatic N) is 2. The molecule has 2 aromatic carbocycles. The van der Waals surface area contributed by atoms with Crippen molar-refractivity contribution in [2.75, 3.05) is 18.6 Å². The molecule has 2 heterocycles. The topological polar surface area (TPSA) is 89.5 Å². The molecule has 0 radical (unpaired) electrons. The zero-order chi connectivity index (χ0) is 24.5. The molecule has 3 aromatic rings. The van der Waals surface area contributed by atoms with Gasteiger partial charge in [-0.1, -0.05) is 51.4 Å². The predicted molar refractivity (Wildman–Crippen MR) is 135 cm³/mol. The second-order valence-corrected chi connectivity index (χ2v) is 7.84. The van der Waals surface area contributed by atoms with Crippen molar-refractivity contribution in [2.24, 2.45) is 5.92 Å². The summed E-state index contributed by atoms with van der Waals surface area (Å²) in [6, 6.07) is 13.6. The number of carboxylic acids is 1. The number of hydrogen-bond acceptors (Lipinski definition) is 4. The zero-order valence-electron chi connectivity index (χ0n) is 20.1. The molecule has 0 saturated carbocycles. The lowest BCUT2D eigenvalue weighted by molar-refractivity contribution is -0.141. The highest BCUT2D eigenvalue weighted by Gasteiger charge is 2.41. The molecule has 0 spiro atoms. The summed E-state index contributed by atoms with van der Waals surface area (Å²) < 4.78 is 0. The number of aliphatic hydroxyl groups is 1. The van der Waals surface area contributed by atoms with E-state index in [-0.39, 0.29) is 11.5 Å². The third-order valence-electron chi connectivity index (χ3n) is 5.13. The highest BCUT2D eigenvalue weighted by atomic mass is 35.5. The predicted octanol–water partition coefficient (Wildman–Crippen LogP) is 6.23. The van der Waals surface area contributed by atoms with Gasteiger partial charge in [0.1, 0.15) is 5.82 Å². The van der Waals surface area contributed by atoms with Crippen molar-refractivity contribution in [3.63, 3.8) is 0 Å². The molecule has 1 aromatic heterocycles. The first kappa shape index (κ1) is 27.5. The maximum absolute atomic E-state index is 11.4. The Hall–Kier alpha value is -2.57. The molecule has 1 atom stereocenters. The Kier molecular flexibility index (Phi) is 10.7. The van der Waals surface area contributed by atoms with Crippen molar-refractivity contribution in [3.8, 4) is 11.4 Å². The number of carbonyl (C=O) groups is 1. The molecular formula is C25H36ClN3O3. The minimum atomic E-state index is -0.743. The number of aliphatic hydroxyl groups excluding tert-OH is 1. The van der Waals surface area contributed by atoms with E-state index in [1.165, 1.54) is 0 Å². The summed E-state index contributed by atoms with van der Waals surface area (Å²) in [5.74, 6) is -0.396. The quantitative estimate of drug-likeness (QED) is 0.430. The summed E-state index contributed by atoms with van der Waals surface area (Å²) >= 11 is 6.44. The first-order chi connectivity index (χ1) is 15.3. The van der Waals surface area contributed by atoms with Crippen molar-refractivity contribution in [3.05, 3.63) is 47.5 Å². The first-order valence-corrected chi connectivity index (χ1v) is 11.4. The van der Waals surface area contributed by atoms with E-state index in [9.17, 15) is 9.90 Å². The Morgan fingerprint density at radius 1 is 1.12 bits per heavy atom. The molecule has 1 unspecified atom stereocenters. The van der Waals surface area contributed by atoms with Crippen LogP contribution in [0.4, 0.5) is 5.69 Å². The molecule has 7 heteroatoms. The molecule has 1 fully saturated rings. The molecule has 3 N–H and O–H groups in total. The van der Waals surface area contributed by atoms with E-state index in [1.807, 2.05) is 70.2 Å². The van der Waals surface area contributed by atoms with Crippen LogP contribution in [0.5, 0.6) is 0 Å². The van der Waals surface area contributed by atoms with Crippen LogP contribution in [-0.2, 0) is 4.79 Å². The van der Waals surface area contributed by atoms with E-state index in [4.69, 9.17) is 16.7 Å². The summed E-state index contributed by atoms with van der Waals surface area (Å²) in [7, 11) is 1.00. The number of carboxylic acid groups (broad SMARTS) is 1. The van der Waals surface area contributed by atoms with Crippen molar-refractivity contribution in [2.45, 2.75) is 53.5 Å². The summed E-state index contributed by atoms with van der Waals surface area (Å²) in [4.78, 5) is 21.5. The van der Waals surface area contributed by atoms with E-state index < -0.39 is 5.97 Å². The maximum atomic E-state index is 11.4. The van der Waals surface area contributed by atoms with Crippen molar-refractivity contribution in [1.82, 2.24) is 9.97 Å². The number of anilines is 1. The molecule has 1 aliphatic rings. The lowest BCUT2D eigenvalue weighted by atomic mass is 9.96. The van der Waals surface area contributed by atoms with Crippen LogP contribution in [-0.4, -0.2) is 45.3 Å². The van der Waals surface area contributed by atoms with Gasteiger partial charge in [-0.2, -0.15) is 0 Å². The Labute approximate surface area is 196 Å². The van der Waals surface area contributed by atoms with Gasteiger partial charge >= 0.3 is 5.97 Å². The lowest BCUT2D eigenvalue weighted by Crippen LogP contribution is -2.38. The van der Waals surface area contributed by atoms with E-state index in [2.05, 4.69) is 28.7 Å². The van der Waals surface area contributed by atoms with Gasteiger partial charge < -0.3 is 20.1 Å². The monoisotopic (exact) mass is 461 g/mol. The number of aliphatic carboxylic acids is 1. The smallest absolute Gasteiger partial charge is 0.308 e. The van der Waals surface area contributed by atoms with Gasteiger partial charge in [0.25, 0.3) is 0 Å². The molecule has 32 heavy (non-hydrogen) atoms. The molecule has 1 saturated heterocycles. The SMILES string of the molecule is CC.CC.CC1(C)CC(C(=O)O)CN1c1ccc(Cl)c(-c2nc3ccccc3[nH]2)c1.CO. The van der Waals surface area contributed by atoms with Crippen molar-refractivity contribution >= 4 is 34.3 Å². The Morgan fingerprint density at radius 2 is 1.75 bits per heavy atom. The molecule has 176 valence electrons. The van der Waals surface area contributed by atoms with Crippen LogP contribution in [0.15, 0.2) is 42.5 Å². The largest absolute Gasteiger partial charge is 0.481 e. The van der Waals surface area contributed by atoms with E-state index in [1.54, 1.807) is 0 Å². The van der Waals surface area contributed by atoms with Crippen molar-refractivity contribution in [1.29, 1.82) is 0 Å². The Morgan fingerprint density at radius 3 is 2.31 bits per heavy atom. The number of hydrogen-bond donors (Lipinski definition) is 3. The number of para-hydroxylation sites is 2. The maximum Gasteiger partial charge on any atom is 0.308 e. The van der Waals surface area contributed by atoms with Crippen LogP contribution in [0.2, 0.25) is 5.02 Å². The Bertz CT molecular complexity index is 968. The fourth-order valence-corrected chi connectivity index (χ4v) is 4.02. The molecule has 6 nitrogen and oxygen atoms in total. The second-order valence-electron chi connectivity index (χ2n) is 7.43. The number of halogens is 1. The average Bonchev–Trinajstić information content (AvgIpc) is 3.39. The molecule has 0 bridgehead atoms. The van der Waals surface area contributed by atoms with Gasteiger partial charge in [0.05, 0.1) is 22.0 Å². The van der Waals surface area contributed by atoms with Crippen LogP contribution < -0.4 is 4.90 Å². The average molecular weight is 462 g/mol. The van der Waals surface area contributed by atoms with Crippen LogP contribution in [0.25, 0.3) is 22.4 Å². The van der Waals surface area contributed by atoms with E-state index >= 15 is 0 Å². The highest BCUT2D eigenvalue weighted by Crippen LogP contribution is 2.39. The molecular weight excluding hydrogens is 426 g/mol. The minimum absolute atomic E-state index is 0.234. The summed E-state index contributed by atoms with van der Waals surface area (Å²) in [5, 5.41) is 17.0. The third-order valence-corrected chi connectivity index (χ3v) is 5.46. The fourth-order valence-electron chi connectivity index (χ4n) is 3.81. The van der Waals surface area contributed by atoms with Crippen LogP contribution in [0.1, 0.15) is 48.0 Å². The lowest BCUT2D eigenvalue weighted by Gasteiger charge is -2.33. The van der Waals surface area contributed by atoms with Crippen LogP contribution in [0.3, 0.4) is 0 Å². The van der Waals surface area contributed by atoms with Gasteiger partial charge in [0.2, 0.25) is 0 Å². The highest BCUT2D eigenvalue weighted by molar-refractivity contribution is 6.33. The molecule has 4 rings (SSSR count). The summed E-state index contributed by atoms with van der Waals surface area (Å²) in [6.45, 7) is 12.6. The number of benzene rings is 2. The zero-order valence-corrected chi connectivity index (χ0v) is 20.9.